The van der Waals surface area contributed by atoms with Crippen LogP contribution in [-0.4, -0.2) is 23.2 Å². The quantitative estimate of drug-likeness (QED) is 0.712. The van der Waals surface area contributed by atoms with E-state index in [9.17, 15) is 9.18 Å². The summed E-state index contributed by atoms with van der Waals surface area (Å²) in [7, 11) is 1.60. The van der Waals surface area contributed by atoms with Gasteiger partial charge in [0, 0.05) is 12.2 Å². The van der Waals surface area contributed by atoms with E-state index in [1.165, 1.54) is 12.1 Å². The molecule has 0 fully saturated rings. The molecule has 26 heavy (non-hydrogen) atoms. The normalized spacial score (nSPS) is 10.2. The minimum absolute atomic E-state index is 0.211. The number of amides is 1. The second-order valence-corrected chi connectivity index (χ2v) is 5.47. The first-order chi connectivity index (χ1) is 12.6. The van der Waals surface area contributed by atoms with Gasteiger partial charge in [0.25, 0.3) is 5.91 Å². The van der Waals surface area contributed by atoms with Gasteiger partial charge in [-0.05, 0) is 54.1 Å². The maximum atomic E-state index is 12.9. The van der Waals surface area contributed by atoms with Gasteiger partial charge in [-0.15, -0.1) is 10.2 Å². The van der Waals surface area contributed by atoms with Crippen LogP contribution in [0.5, 0.6) is 5.75 Å². The van der Waals surface area contributed by atoms with Gasteiger partial charge in [-0.3, -0.25) is 4.79 Å². The molecule has 7 heteroatoms. The molecule has 0 aliphatic heterocycles. The molecule has 0 unspecified atom stereocenters. The number of hydrogen-bond donors (Lipinski definition) is 2. The third kappa shape index (κ3) is 4.54. The third-order valence-electron chi connectivity index (χ3n) is 3.63. The zero-order valence-corrected chi connectivity index (χ0v) is 14.1. The number of rotatable bonds is 6. The molecule has 2 N–H and O–H groups in total. The first-order valence-electron chi connectivity index (χ1n) is 7.91. The van der Waals surface area contributed by atoms with Crippen molar-refractivity contribution in [3.8, 4) is 5.75 Å². The molecule has 0 aliphatic carbocycles. The van der Waals surface area contributed by atoms with Crippen molar-refractivity contribution in [3.63, 3.8) is 0 Å². The standard InChI is InChI=1S/C19H17FN4O2/c1-26-16-8-2-13(3-9-16)12-21-19(25)17-10-11-18(24-23-17)22-15-6-4-14(20)5-7-15/h2-11H,12H2,1H3,(H,21,25)(H,22,24). The Labute approximate surface area is 150 Å². The summed E-state index contributed by atoms with van der Waals surface area (Å²) in [6, 6.07) is 16.5. The molecule has 0 atom stereocenters. The van der Waals surface area contributed by atoms with Gasteiger partial charge in [-0.2, -0.15) is 0 Å². The minimum atomic E-state index is -0.318. The van der Waals surface area contributed by atoms with Crippen LogP contribution in [0.2, 0.25) is 0 Å². The number of nitrogens with one attached hydrogen (secondary N) is 2. The summed E-state index contributed by atoms with van der Waals surface area (Å²) in [5.74, 6) is 0.589. The summed E-state index contributed by atoms with van der Waals surface area (Å²) in [6.07, 6.45) is 0. The fourth-order valence-corrected chi connectivity index (χ4v) is 2.22. The Morgan fingerprint density at radius 2 is 1.73 bits per heavy atom. The summed E-state index contributed by atoms with van der Waals surface area (Å²) in [5.41, 5.74) is 1.84. The van der Waals surface area contributed by atoms with E-state index in [0.717, 1.165) is 11.3 Å². The predicted octanol–water partition coefficient (Wildman–Crippen LogP) is 3.30. The van der Waals surface area contributed by atoms with Gasteiger partial charge in [-0.25, -0.2) is 4.39 Å². The van der Waals surface area contributed by atoms with E-state index in [4.69, 9.17) is 4.74 Å². The van der Waals surface area contributed by atoms with Crippen LogP contribution < -0.4 is 15.4 Å². The van der Waals surface area contributed by atoms with E-state index in [1.54, 1.807) is 31.4 Å². The van der Waals surface area contributed by atoms with Crippen LogP contribution in [0, 0.1) is 5.82 Å². The topological polar surface area (TPSA) is 76.1 Å². The molecule has 1 amide bonds. The number of ether oxygens (including phenoxy) is 1. The first-order valence-corrected chi connectivity index (χ1v) is 7.91. The number of benzene rings is 2. The summed E-state index contributed by atoms with van der Waals surface area (Å²) in [5, 5.41) is 13.6. The molecule has 0 radical (unpaired) electrons. The van der Waals surface area contributed by atoms with Gasteiger partial charge in [0.15, 0.2) is 11.5 Å². The largest absolute Gasteiger partial charge is 0.497 e. The molecule has 3 rings (SSSR count). The van der Waals surface area contributed by atoms with Gasteiger partial charge < -0.3 is 15.4 Å². The van der Waals surface area contributed by atoms with E-state index in [0.29, 0.717) is 18.1 Å². The van der Waals surface area contributed by atoms with E-state index < -0.39 is 0 Å². The lowest BCUT2D eigenvalue weighted by Gasteiger charge is -2.07. The Kier molecular flexibility index (Phi) is 5.38. The van der Waals surface area contributed by atoms with Crippen LogP contribution in [0.4, 0.5) is 15.9 Å². The second-order valence-electron chi connectivity index (χ2n) is 5.47. The molecule has 1 aromatic heterocycles. The van der Waals surface area contributed by atoms with E-state index >= 15 is 0 Å². The van der Waals surface area contributed by atoms with Crippen LogP contribution in [0.3, 0.4) is 0 Å². The lowest BCUT2D eigenvalue weighted by atomic mass is 10.2. The van der Waals surface area contributed by atoms with Gasteiger partial charge in [-0.1, -0.05) is 12.1 Å². The lowest BCUT2D eigenvalue weighted by Crippen LogP contribution is -2.24. The zero-order chi connectivity index (χ0) is 18.4. The highest BCUT2D eigenvalue weighted by Gasteiger charge is 2.08. The van der Waals surface area contributed by atoms with E-state index in [-0.39, 0.29) is 17.4 Å². The van der Waals surface area contributed by atoms with Crippen LogP contribution in [0.15, 0.2) is 60.7 Å². The highest BCUT2D eigenvalue weighted by atomic mass is 19.1. The van der Waals surface area contributed by atoms with Gasteiger partial charge >= 0.3 is 0 Å². The Balaban J connectivity index is 1.56. The molecule has 6 nitrogen and oxygen atoms in total. The number of methoxy groups -OCH3 is 1. The number of anilines is 2. The predicted molar refractivity (Wildman–Crippen MR) is 95.9 cm³/mol. The first kappa shape index (κ1) is 17.3. The maximum absolute atomic E-state index is 12.9. The molecule has 0 spiro atoms. The zero-order valence-electron chi connectivity index (χ0n) is 14.1. The van der Waals surface area contributed by atoms with Crippen molar-refractivity contribution in [2.75, 3.05) is 12.4 Å². The highest BCUT2D eigenvalue weighted by Crippen LogP contribution is 2.14. The van der Waals surface area contributed by atoms with Crippen molar-refractivity contribution < 1.29 is 13.9 Å². The number of carbonyl (C=O) groups is 1. The lowest BCUT2D eigenvalue weighted by molar-refractivity contribution is 0.0945. The molecule has 2 aromatic carbocycles. The molecule has 132 valence electrons. The summed E-state index contributed by atoms with van der Waals surface area (Å²) in [6.45, 7) is 0.375. The Hall–Kier alpha value is -3.48. The molecule has 0 aliphatic rings. The van der Waals surface area contributed by atoms with Crippen LogP contribution >= 0.6 is 0 Å². The number of aromatic nitrogens is 2. The summed E-state index contributed by atoms with van der Waals surface area (Å²) in [4.78, 5) is 12.1. The molecular weight excluding hydrogens is 335 g/mol. The Bertz CT molecular complexity index is 866. The summed E-state index contributed by atoms with van der Waals surface area (Å²) >= 11 is 0. The van der Waals surface area contributed by atoms with Gasteiger partial charge in [0.05, 0.1) is 7.11 Å². The van der Waals surface area contributed by atoms with Crippen molar-refractivity contribution in [2.45, 2.75) is 6.54 Å². The molecule has 1 heterocycles. The van der Waals surface area contributed by atoms with Gasteiger partial charge in [0.2, 0.25) is 0 Å². The SMILES string of the molecule is COc1ccc(CNC(=O)c2ccc(Nc3ccc(F)cc3)nn2)cc1. The summed E-state index contributed by atoms with van der Waals surface area (Å²) < 4.78 is 18.0. The second kappa shape index (κ2) is 8.06. The third-order valence-corrected chi connectivity index (χ3v) is 3.63. The van der Waals surface area contributed by atoms with E-state index in [2.05, 4.69) is 20.8 Å². The molecule has 0 saturated carbocycles. The van der Waals surface area contributed by atoms with Crippen molar-refractivity contribution in [3.05, 3.63) is 77.7 Å². The molecule has 0 bridgehead atoms. The number of halogens is 1. The van der Waals surface area contributed by atoms with Crippen LogP contribution in [0.25, 0.3) is 0 Å². The molecule has 3 aromatic rings. The molecule has 0 saturated heterocycles. The van der Waals surface area contributed by atoms with Crippen molar-refractivity contribution in [2.24, 2.45) is 0 Å². The molecular formula is C19H17FN4O2. The van der Waals surface area contributed by atoms with Crippen molar-refractivity contribution in [1.82, 2.24) is 15.5 Å². The Morgan fingerprint density at radius 1 is 1.00 bits per heavy atom. The average molecular weight is 352 g/mol. The maximum Gasteiger partial charge on any atom is 0.272 e. The number of hydrogen-bond acceptors (Lipinski definition) is 5. The van der Waals surface area contributed by atoms with E-state index in [1.807, 2.05) is 24.3 Å². The Morgan fingerprint density at radius 3 is 2.35 bits per heavy atom. The van der Waals surface area contributed by atoms with Crippen LogP contribution in [0.1, 0.15) is 16.1 Å². The smallest absolute Gasteiger partial charge is 0.272 e. The van der Waals surface area contributed by atoms with Crippen LogP contribution in [-0.2, 0) is 6.54 Å². The monoisotopic (exact) mass is 352 g/mol. The fourth-order valence-electron chi connectivity index (χ4n) is 2.22. The van der Waals surface area contributed by atoms with Crippen molar-refractivity contribution >= 4 is 17.4 Å². The van der Waals surface area contributed by atoms with Crippen molar-refractivity contribution in [1.29, 1.82) is 0 Å². The minimum Gasteiger partial charge on any atom is -0.497 e. The van der Waals surface area contributed by atoms with Gasteiger partial charge in [0.1, 0.15) is 11.6 Å². The average Bonchev–Trinajstić information content (AvgIpc) is 2.69. The highest BCUT2D eigenvalue weighted by molar-refractivity contribution is 5.92. The number of nitrogens with zero attached hydrogens (tertiary/aromatic N) is 2. The fraction of sp³-hybridized carbons (Fsp3) is 0.105. The number of carbonyl (C=O) groups excluding carboxylic acids is 1.